The highest BCUT2D eigenvalue weighted by atomic mass is 32.2. The third-order valence-corrected chi connectivity index (χ3v) is 5.59. The molecule has 0 aliphatic heterocycles. The van der Waals surface area contributed by atoms with E-state index in [4.69, 9.17) is 0 Å². The van der Waals surface area contributed by atoms with Crippen LogP contribution in [0.5, 0.6) is 0 Å². The summed E-state index contributed by atoms with van der Waals surface area (Å²) in [6.45, 7) is 5.54. The van der Waals surface area contributed by atoms with Gasteiger partial charge in [0.2, 0.25) is 0 Å². The van der Waals surface area contributed by atoms with E-state index >= 15 is 0 Å². The number of aromatic nitrogens is 4. The zero-order chi connectivity index (χ0) is 23.1. The van der Waals surface area contributed by atoms with Crippen LogP contribution in [-0.4, -0.2) is 44.5 Å². The van der Waals surface area contributed by atoms with E-state index in [2.05, 4.69) is 39.5 Å². The van der Waals surface area contributed by atoms with Gasteiger partial charge in [-0.15, -0.1) is 0 Å². The van der Waals surface area contributed by atoms with Crippen LogP contribution in [0.1, 0.15) is 42.6 Å². The molecule has 0 atom stereocenters. The van der Waals surface area contributed by atoms with Gasteiger partial charge in [0.25, 0.3) is 5.91 Å². The van der Waals surface area contributed by atoms with Gasteiger partial charge in [-0.05, 0) is 37.1 Å². The lowest BCUT2D eigenvalue weighted by molar-refractivity contribution is -0.137. The lowest BCUT2D eigenvalue weighted by Gasteiger charge is -2.10. The summed E-state index contributed by atoms with van der Waals surface area (Å²) in [5, 5.41) is 11.9. The first-order valence-electron chi connectivity index (χ1n) is 10.4. The molecule has 0 saturated heterocycles. The molecule has 2 aromatic heterocycles. The number of benzene rings is 1. The van der Waals surface area contributed by atoms with Crippen LogP contribution in [0.3, 0.4) is 0 Å². The number of fused-ring (bicyclic) bond motifs is 1. The van der Waals surface area contributed by atoms with Crippen LogP contribution in [0.25, 0.3) is 11.0 Å². The number of carbonyl (C=O) groups excluding carboxylic acids is 1. The summed E-state index contributed by atoms with van der Waals surface area (Å²) < 4.78 is 39.7. The van der Waals surface area contributed by atoms with Gasteiger partial charge < -0.3 is 10.6 Å². The third kappa shape index (κ3) is 5.90. The summed E-state index contributed by atoms with van der Waals surface area (Å²) in [7, 11) is 0. The number of rotatable bonds is 10. The number of thioether (sulfide) groups is 1. The van der Waals surface area contributed by atoms with E-state index in [-0.39, 0.29) is 12.1 Å². The second-order valence-electron chi connectivity index (χ2n) is 7.07. The van der Waals surface area contributed by atoms with Crippen LogP contribution in [0, 0.1) is 0 Å². The first kappa shape index (κ1) is 23.8. The van der Waals surface area contributed by atoms with Crippen molar-refractivity contribution in [1.29, 1.82) is 0 Å². The molecule has 2 N–H and O–H groups in total. The number of amides is 1. The number of anilines is 1. The van der Waals surface area contributed by atoms with Crippen LogP contribution in [0.4, 0.5) is 19.0 Å². The Hall–Kier alpha value is -2.82. The van der Waals surface area contributed by atoms with Crippen LogP contribution < -0.4 is 10.6 Å². The van der Waals surface area contributed by atoms with Crippen LogP contribution in [0.2, 0.25) is 0 Å². The smallest absolute Gasteiger partial charge is 0.369 e. The quantitative estimate of drug-likeness (QED) is 0.336. The fourth-order valence-corrected chi connectivity index (χ4v) is 3.62. The van der Waals surface area contributed by atoms with Crippen LogP contribution >= 0.6 is 11.8 Å². The molecular weight excluding hydrogens is 441 g/mol. The largest absolute Gasteiger partial charge is 0.416 e. The molecule has 3 rings (SSSR count). The molecule has 1 aromatic carbocycles. The van der Waals surface area contributed by atoms with E-state index in [0.29, 0.717) is 17.3 Å². The number of hydrogen-bond acceptors (Lipinski definition) is 6. The van der Waals surface area contributed by atoms with Crippen molar-refractivity contribution in [3.63, 3.8) is 0 Å². The molecule has 0 fully saturated rings. The first-order chi connectivity index (χ1) is 15.3. The maximum Gasteiger partial charge on any atom is 0.416 e. The van der Waals surface area contributed by atoms with E-state index < -0.39 is 17.6 Å². The number of hydrogen-bond donors (Lipinski definition) is 2. The molecule has 0 saturated carbocycles. The third-order valence-electron chi connectivity index (χ3n) is 4.54. The zero-order valence-electron chi connectivity index (χ0n) is 17.9. The highest BCUT2D eigenvalue weighted by Crippen LogP contribution is 2.29. The maximum atomic E-state index is 12.7. The molecule has 0 bridgehead atoms. The summed E-state index contributed by atoms with van der Waals surface area (Å²) in [6.07, 6.45) is -0.789. The second kappa shape index (κ2) is 10.7. The van der Waals surface area contributed by atoms with Crippen molar-refractivity contribution in [2.45, 2.75) is 44.6 Å². The minimum atomic E-state index is -4.43. The molecule has 3 aromatic rings. The van der Waals surface area contributed by atoms with E-state index in [0.717, 1.165) is 60.6 Å². The lowest BCUT2D eigenvalue weighted by atomic mass is 10.1. The maximum absolute atomic E-state index is 12.7. The van der Waals surface area contributed by atoms with Gasteiger partial charge in [0.1, 0.15) is 5.82 Å². The van der Waals surface area contributed by atoms with E-state index in [1.807, 2.05) is 0 Å². The Morgan fingerprint density at radius 3 is 2.50 bits per heavy atom. The molecule has 32 heavy (non-hydrogen) atoms. The summed E-state index contributed by atoms with van der Waals surface area (Å²) in [6, 6.07) is 4.12. The summed E-state index contributed by atoms with van der Waals surface area (Å²) in [4.78, 5) is 21.5. The van der Waals surface area contributed by atoms with E-state index in [1.165, 1.54) is 0 Å². The van der Waals surface area contributed by atoms with Crippen molar-refractivity contribution in [3.8, 4) is 0 Å². The van der Waals surface area contributed by atoms with Gasteiger partial charge in [0.15, 0.2) is 10.8 Å². The number of nitrogens with one attached hydrogen (secondary N) is 2. The van der Waals surface area contributed by atoms with Gasteiger partial charge >= 0.3 is 6.18 Å². The van der Waals surface area contributed by atoms with E-state index in [1.54, 1.807) is 22.6 Å². The molecule has 11 heteroatoms. The number of carbonyl (C=O) groups is 1. The van der Waals surface area contributed by atoms with Gasteiger partial charge in [0, 0.05) is 24.4 Å². The molecule has 0 radical (unpaired) electrons. The highest BCUT2D eigenvalue weighted by molar-refractivity contribution is 7.99. The van der Waals surface area contributed by atoms with Gasteiger partial charge in [-0.3, -0.25) is 4.79 Å². The van der Waals surface area contributed by atoms with Gasteiger partial charge in [-0.2, -0.15) is 18.3 Å². The molecule has 172 valence electrons. The summed E-state index contributed by atoms with van der Waals surface area (Å²) in [5.74, 6) is 1.18. The average Bonchev–Trinajstić information content (AvgIpc) is 3.18. The predicted molar refractivity (Wildman–Crippen MR) is 119 cm³/mol. The van der Waals surface area contributed by atoms with Crippen molar-refractivity contribution in [1.82, 2.24) is 25.1 Å². The fourth-order valence-electron chi connectivity index (χ4n) is 2.92. The number of halogens is 3. The van der Waals surface area contributed by atoms with Crippen molar-refractivity contribution < 1.29 is 18.0 Å². The molecule has 0 unspecified atom stereocenters. The Bertz CT molecular complexity index is 1050. The Labute approximate surface area is 188 Å². The van der Waals surface area contributed by atoms with Crippen molar-refractivity contribution >= 4 is 34.5 Å². The summed E-state index contributed by atoms with van der Waals surface area (Å²) >= 11 is 1.57. The minimum absolute atomic E-state index is 0.162. The minimum Gasteiger partial charge on any atom is -0.369 e. The molecule has 1 amide bonds. The van der Waals surface area contributed by atoms with E-state index in [9.17, 15) is 18.0 Å². The summed E-state index contributed by atoms with van der Waals surface area (Å²) in [5.41, 5.74) is 0.0388. The monoisotopic (exact) mass is 466 g/mol. The highest BCUT2D eigenvalue weighted by Gasteiger charge is 2.30. The molecule has 0 aliphatic rings. The fraction of sp³-hybridized carbons (Fsp3) is 0.429. The molecule has 2 heterocycles. The van der Waals surface area contributed by atoms with Gasteiger partial charge in [-0.25, -0.2) is 14.6 Å². The topological polar surface area (TPSA) is 84.7 Å². The predicted octanol–water partition coefficient (Wildman–Crippen LogP) is 4.60. The van der Waals surface area contributed by atoms with Crippen LogP contribution in [-0.2, 0) is 12.7 Å². The standard InChI is InChI=1S/C21H25F3N6OS/c1-3-9-25-17-16-13-27-30(18(16)29-20(28-17)32-12-4-2)11-10-26-19(31)14-5-7-15(8-6-14)21(22,23)24/h5-8,13H,3-4,9-12H2,1-2H3,(H,26,31)(H,25,28,29). The number of nitrogens with zero attached hydrogens (tertiary/aromatic N) is 4. The Kier molecular flexibility index (Phi) is 7.94. The van der Waals surface area contributed by atoms with Crippen LogP contribution in [0.15, 0.2) is 35.6 Å². The van der Waals surface area contributed by atoms with Gasteiger partial charge in [0.05, 0.1) is 23.7 Å². The van der Waals surface area contributed by atoms with Crippen molar-refractivity contribution in [3.05, 3.63) is 41.6 Å². The SMILES string of the molecule is CCCNc1nc(SCCC)nc2c1cnn2CCNC(=O)c1ccc(C(F)(F)F)cc1. The van der Waals surface area contributed by atoms with Crippen molar-refractivity contribution in [2.24, 2.45) is 0 Å². The number of alkyl halides is 3. The van der Waals surface area contributed by atoms with Crippen molar-refractivity contribution in [2.75, 3.05) is 24.2 Å². The lowest BCUT2D eigenvalue weighted by Crippen LogP contribution is -2.27. The Morgan fingerprint density at radius 2 is 1.84 bits per heavy atom. The molecular formula is C21H25F3N6OS. The Balaban J connectivity index is 1.69. The zero-order valence-corrected chi connectivity index (χ0v) is 18.7. The molecule has 0 spiro atoms. The Morgan fingerprint density at radius 1 is 1.09 bits per heavy atom. The van der Waals surface area contributed by atoms with Gasteiger partial charge in [-0.1, -0.05) is 25.6 Å². The average molecular weight is 467 g/mol. The first-order valence-corrected chi connectivity index (χ1v) is 11.4. The molecule has 0 aliphatic carbocycles. The normalized spacial score (nSPS) is 11.7. The molecule has 7 nitrogen and oxygen atoms in total. The second-order valence-corrected chi connectivity index (χ2v) is 8.13.